The third kappa shape index (κ3) is 4.78. The van der Waals surface area contributed by atoms with E-state index in [1.807, 2.05) is 33.8 Å². The van der Waals surface area contributed by atoms with Crippen molar-refractivity contribution in [1.82, 2.24) is 10.2 Å². The van der Waals surface area contributed by atoms with E-state index in [1.165, 1.54) is 35.4 Å². The van der Waals surface area contributed by atoms with E-state index in [-0.39, 0.29) is 41.8 Å². The number of likely N-dealkylation sites (tertiary alicyclic amines) is 1. The molecule has 2 aliphatic heterocycles. The molecule has 0 radical (unpaired) electrons. The van der Waals surface area contributed by atoms with Gasteiger partial charge >= 0.3 is 6.09 Å². The number of amides is 2. The Bertz CT molecular complexity index is 1440. The van der Waals surface area contributed by atoms with Crippen molar-refractivity contribution in [3.05, 3.63) is 23.3 Å². The smallest absolute Gasteiger partial charge is 0.415 e. The number of hydrogen-bond donors (Lipinski definition) is 3. The fourth-order valence-corrected chi connectivity index (χ4v) is 11.4. The number of aliphatic hydroxyl groups is 1. The molecule has 0 aromatic heterocycles. The van der Waals surface area contributed by atoms with Gasteiger partial charge in [-0.15, -0.1) is 0 Å². The lowest BCUT2D eigenvalue weighted by Gasteiger charge is -2.75. The van der Waals surface area contributed by atoms with Gasteiger partial charge in [0.2, 0.25) is 5.91 Å². The molecular formula is C37H57N4O6+. The lowest BCUT2D eigenvalue weighted by molar-refractivity contribution is -0.952. The minimum Gasteiger partial charge on any atom is -0.482 e. The average molecular weight is 654 g/mol. The summed E-state index contributed by atoms with van der Waals surface area (Å²) in [5.41, 5.74) is 6.66. The summed E-state index contributed by atoms with van der Waals surface area (Å²) in [5, 5.41) is 14.6. The molecule has 1 unspecified atom stereocenters. The second-order valence-electron chi connectivity index (χ2n) is 17.2. The van der Waals surface area contributed by atoms with Crippen LogP contribution in [0.2, 0.25) is 0 Å². The van der Waals surface area contributed by atoms with Gasteiger partial charge in [0.25, 0.3) is 0 Å². The molecule has 260 valence electrons. The SMILES string of the molecule is CO[C@]12CC[C@@]3(C[C@@H]1C(C)(C)O)[C@H]1Cc4ccc(OC(=O)N(C)CCNC(=O)[C@@H](N)CC(C)C)c5c4[C@@]3(CC[N+]1(C)CC1CC1)[C@H]2O5. The molecule has 8 rings (SSSR count). The first-order chi connectivity index (χ1) is 22.1. The van der Waals surface area contributed by atoms with Crippen molar-refractivity contribution in [1.29, 1.82) is 0 Å². The molecule has 5 fully saturated rings. The van der Waals surface area contributed by atoms with Gasteiger partial charge in [0, 0.05) is 62.9 Å². The molecule has 2 heterocycles. The van der Waals surface area contributed by atoms with Crippen molar-refractivity contribution < 1.29 is 33.4 Å². The number of nitrogens with zero attached hydrogens (tertiary/aromatic N) is 2. The number of methoxy groups -OCH3 is 1. The number of benzene rings is 1. The topological polar surface area (TPSA) is 123 Å². The Balaban J connectivity index is 1.20. The van der Waals surface area contributed by atoms with E-state index in [9.17, 15) is 14.7 Å². The summed E-state index contributed by atoms with van der Waals surface area (Å²) in [4.78, 5) is 27.3. The number of nitrogens with one attached hydrogen (secondary N) is 1. The van der Waals surface area contributed by atoms with Crippen LogP contribution >= 0.6 is 0 Å². The first-order valence-electron chi connectivity index (χ1n) is 18.0. The first kappa shape index (κ1) is 33.1. The number of ether oxygens (including phenoxy) is 3. The van der Waals surface area contributed by atoms with Crippen LogP contribution in [0.3, 0.4) is 0 Å². The number of piperidine rings is 1. The normalized spacial score (nSPS) is 36.9. The number of fused-ring (bicyclic) bond motifs is 2. The Labute approximate surface area is 280 Å². The maximum atomic E-state index is 13.4. The molecule has 10 nitrogen and oxygen atoms in total. The minimum absolute atomic E-state index is 0.0448. The predicted molar refractivity (Wildman–Crippen MR) is 178 cm³/mol. The second-order valence-corrected chi connectivity index (χ2v) is 17.2. The Morgan fingerprint density at radius 1 is 1.23 bits per heavy atom. The predicted octanol–water partition coefficient (Wildman–Crippen LogP) is 3.75. The number of likely N-dealkylation sites (N-methyl/N-ethyl adjacent to an activating group) is 2. The Hall–Kier alpha value is -2.40. The van der Waals surface area contributed by atoms with Gasteiger partial charge in [-0.05, 0) is 69.9 Å². The Morgan fingerprint density at radius 3 is 2.64 bits per heavy atom. The number of quaternary nitrogens is 1. The number of nitrogens with two attached hydrogens (primary N) is 1. The van der Waals surface area contributed by atoms with E-state index in [1.54, 1.807) is 14.2 Å². The summed E-state index contributed by atoms with van der Waals surface area (Å²) in [5.74, 6) is 1.96. The van der Waals surface area contributed by atoms with Gasteiger partial charge in [0.1, 0.15) is 11.7 Å². The highest BCUT2D eigenvalue weighted by Gasteiger charge is 2.84. The van der Waals surface area contributed by atoms with E-state index in [0.29, 0.717) is 29.9 Å². The molecular weight excluding hydrogens is 596 g/mol. The molecule has 4 N–H and O–H groups in total. The van der Waals surface area contributed by atoms with E-state index in [2.05, 4.69) is 18.4 Å². The quantitative estimate of drug-likeness (QED) is 0.311. The molecule has 1 aromatic carbocycles. The zero-order chi connectivity index (χ0) is 33.7. The van der Waals surface area contributed by atoms with Crippen LogP contribution in [-0.2, 0) is 21.4 Å². The van der Waals surface area contributed by atoms with Crippen molar-refractivity contribution in [3.8, 4) is 11.5 Å². The molecule has 10 heteroatoms. The zero-order valence-corrected chi connectivity index (χ0v) is 29.6. The highest BCUT2D eigenvalue weighted by Crippen LogP contribution is 2.78. The summed E-state index contributed by atoms with van der Waals surface area (Å²) in [7, 11) is 5.97. The first-order valence-corrected chi connectivity index (χ1v) is 18.0. The summed E-state index contributed by atoms with van der Waals surface area (Å²) in [6, 6.07) is 3.95. The van der Waals surface area contributed by atoms with Gasteiger partial charge in [-0.1, -0.05) is 19.9 Å². The van der Waals surface area contributed by atoms with E-state index < -0.39 is 23.3 Å². The van der Waals surface area contributed by atoms with Gasteiger partial charge < -0.3 is 39.8 Å². The third-order valence-electron chi connectivity index (χ3n) is 13.5. The van der Waals surface area contributed by atoms with E-state index >= 15 is 0 Å². The van der Waals surface area contributed by atoms with Gasteiger partial charge in [-0.3, -0.25) is 4.79 Å². The van der Waals surface area contributed by atoms with Crippen molar-refractivity contribution in [2.24, 2.45) is 28.9 Å². The number of hydrogen-bond acceptors (Lipinski definition) is 7. The summed E-state index contributed by atoms with van der Waals surface area (Å²) < 4.78 is 20.9. The molecule has 2 amide bonds. The standard InChI is InChI=1S/C37H56N4O6/c1-22(2)18-25(38)31(42)39-15-16-40(5)33(43)46-26-11-10-24-19-28-35-12-13-37(45-7,27(20-35)34(3,4)44)32-36(35,29(24)30(26)47-32)14-17-41(28,6)21-23-8-9-23/h10-11,22-23,25,27-28,32,44H,8-9,12-21,38H2,1-7H3/p+1/t25-,27+,28+,32+,35+,36-,37+,41?/m0/s1. The van der Waals surface area contributed by atoms with Crippen molar-refractivity contribution in [2.75, 3.05) is 47.4 Å². The molecule has 47 heavy (non-hydrogen) atoms. The lowest BCUT2D eigenvalue weighted by atomic mass is 9.33. The fourth-order valence-electron chi connectivity index (χ4n) is 11.4. The Kier molecular flexibility index (Phi) is 7.79. The summed E-state index contributed by atoms with van der Waals surface area (Å²) in [6.07, 6.45) is 7.28. The molecule has 5 aliphatic carbocycles. The largest absolute Gasteiger partial charge is 0.482 e. The molecule has 1 saturated heterocycles. The van der Waals surface area contributed by atoms with Crippen LogP contribution in [0, 0.1) is 23.2 Å². The van der Waals surface area contributed by atoms with Crippen LogP contribution in [0.1, 0.15) is 83.8 Å². The van der Waals surface area contributed by atoms with Crippen molar-refractivity contribution in [3.63, 3.8) is 0 Å². The fraction of sp³-hybridized carbons (Fsp3) is 0.784. The molecule has 1 aromatic rings. The Morgan fingerprint density at radius 2 is 1.98 bits per heavy atom. The molecule has 7 aliphatic rings. The zero-order valence-electron chi connectivity index (χ0n) is 29.6. The number of carbonyl (C=O) groups excluding carboxylic acids is 2. The monoisotopic (exact) mass is 653 g/mol. The average Bonchev–Trinajstić information content (AvgIpc) is 3.74. The third-order valence-corrected chi connectivity index (χ3v) is 13.5. The van der Waals surface area contributed by atoms with E-state index in [0.717, 1.165) is 49.0 Å². The minimum atomic E-state index is -0.941. The van der Waals surface area contributed by atoms with Crippen LogP contribution in [-0.4, -0.2) is 103 Å². The van der Waals surface area contributed by atoms with Gasteiger partial charge in [-0.2, -0.15) is 0 Å². The molecule has 4 saturated carbocycles. The van der Waals surface area contributed by atoms with Gasteiger partial charge in [-0.25, -0.2) is 4.79 Å². The maximum absolute atomic E-state index is 13.4. The second kappa shape index (κ2) is 11.1. The van der Waals surface area contributed by atoms with Crippen molar-refractivity contribution in [2.45, 2.75) is 114 Å². The summed E-state index contributed by atoms with van der Waals surface area (Å²) in [6.45, 7) is 10.8. The van der Waals surface area contributed by atoms with Crippen LogP contribution in [0.4, 0.5) is 4.79 Å². The lowest BCUT2D eigenvalue weighted by Crippen LogP contribution is -2.84. The van der Waals surface area contributed by atoms with E-state index in [4.69, 9.17) is 19.9 Å². The molecule has 4 bridgehead atoms. The number of rotatable bonds is 11. The van der Waals surface area contributed by atoms with Crippen LogP contribution in [0.15, 0.2) is 12.1 Å². The molecule has 8 atom stereocenters. The van der Waals surface area contributed by atoms with Gasteiger partial charge in [0.15, 0.2) is 11.5 Å². The number of carbonyl (C=O) groups is 2. The highest BCUT2D eigenvalue weighted by atomic mass is 16.6. The van der Waals surface area contributed by atoms with Crippen LogP contribution in [0.5, 0.6) is 11.5 Å². The van der Waals surface area contributed by atoms with Gasteiger partial charge in [0.05, 0.1) is 43.2 Å². The molecule has 2 spiro atoms. The van der Waals surface area contributed by atoms with Crippen LogP contribution in [0.25, 0.3) is 0 Å². The van der Waals surface area contributed by atoms with Crippen molar-refractivity contribution >= 4 is 12.0 Å². The highest BCUT2D eigenvalue weighted by molar-refractivity contribution is 5.81. The maximum Gasteiger partial charge on any atom is 0.415 e. The van der Waals surface area contributed by atoms with Crippen LogP contribution < -0.4 is 20.5 Å². The summed E-state index contributed by atoms with van der Waals surface area (Å²) >= 11 is 0.